The predicted molar refractivity (Wildman–Crippen MR) is 120 cm³/mol. The Labute approximate surface area is 190 Å². The molecule has 1 N–H and O–H groups in total. The number of methoxy groups -OCH3 is 1. The van der Waals surface area contributed by atoms with Crippen LogP contribution >= 0.6 is 0 Å². The van der Waals surface area contributed by atoms with Crippen LogP contribution in [0.4, 0.5) is 10.5 Å². The molecule has 9 heteroatoms. The molecule has 1 fully saturated rings. The maximum absolute atomic E-state index is 13.2. The smallest absolute Gasteiger partial charge is 0.335 e. The lowest BCUT2D eigenvalue weighted by molar-refractivity contribution is -0.122. The van der Waals surface area contributed by atoms with E-state index in [1.54, 1.807) is 30.3 Å². The van der Waals surface area contributed by atoms with Gasteiger partial charge in [-0.3, -0.25) is 14.9 Å². The van der Waals surface area contributed by atoms with Crippen LogP contribution in [0.2, 0.25) is 0 Å². The zero-order valence-electron chi connectivity index (χ0n) is 18.2. The Hall–Kier alpha value is -4.27. The number of anilines is 1. The van der Waals surface area contributed by atoms with Crippen LogP contribution in [0.15, 0.2) is 48.6 Å². The van der Waals surface area contributed by atoms with Crippen LogP contribution in [0.25, 0.3) is 6.08 Å². The summed E-state index contributed by atoms with van der Waals surface area (Å²) in [6, 6.07) is 7.24. The van der Waals surface area contributed by atoms with Crippen molar-refractivity contribution in [3.63, 3.8) is 0 Å². The van der Waals surface area contributed by atoms with Gasteiger partial charge in [0.1, 0.15) is 5.57 Å². The molecule has 2 aliphatic heterocycles. The van der Waals surface area contributed by atoms with E-state index < -0.39 is 17.8 Å². The monoisotopic (exact) mass is 450 g/mol. The largest absolute Gasteiger partial charge is 0.493 e. The van der Waals surface area contributed by atoms with Crippen LogP contribution in [0.1, 0.15) is 18.1 Å². The number of urea groups is 1. The molecule has 2 aromatic carbocycles. The number of amides is 4. The van der Waals surface area contributed by atoms with Crippen molar-refractivity contribution in [2.75, 3.05) is 25.4 Å². The number of imide groups is 2. The molecule has 0 atom stereocenters. The molecular formula is C24H22N2O7. The summed E-state index contributed by atoms with van der Waals surface area (Å²) in [5, 5.41) is 2.21. The molecule has 170 valence electrons. The molecule has 0 spiro atoms. The second-order valence-corrected chi connectivity index (χ2v) is 7.13. The normalized spacial score (nSPS) is 16.1. The summed E-state index contributed by atoms with van der Waals surface area (Å²) >= 11 is 0. The van der Waals surface area contributed by atoms with Gasteiger partial charge in [0.15, 0.2) is 23.0 Å². The van der Waals surface area contributed by atoms with Gasteiger partial charge in [-0.15, -0.1) is 6.58 Å². The van der Waals surface area contributed by atoms with Gasteiger partial charge in [0, 0.05) is 11.6 Å². The number of rotatable bonds is 7. The first-order chi connectivity index (χ1) is 16.0. The third kappa shape index (κ3) is 4.12. The fraction of sp³-hybridized carbons (Fsp3) is 0.208. The topological polar surface area (TPSA) is 103 Å². The average molecular weight is 450 g/mol. The van der Waals surface area contributed by atoms with Crippen molar-refractivity contribution < 1.29 is 33.3 Å². The van der Waals surface area contributed by atoms with Gasteiger partial charge in [-0.2, -0.15) is 0 Å². The summed E-state index contributed by atoms with van der Waals surface area (Å²) in [7, 11) is 1.54. The molecule has 9 nitrogen and oxygen atoms in total. The van der Waals surface area contributed by atoms with Crippen molar-refractivity contribution in [2.45, 2.75) is 13.3 Å². The van der Waals surface area contributed by atoms with Crippen molar-refractivity contribution in [1.82, 2.24) is 5.32 Å². The van der Waals surface area contributed by atoms with Crippen LogP contribution in [0.3, 0.4) is 0 Å². The lowest BCUT2D eigenvalue weighted by atomic mass is 10.0. The molecule has 33 heavy (non-hydrogen) atoms. The molecule has 0 saturated carbocycles. The molecule has 2 aliphatic rings. The van der Waals surface area contributed by atoms with Gasteiger partial charge < -0.3 is 18.9 Å². The number of nitrogens with zero attached hydrogens (tertiary/aromatic N) is 1. The van der Waals surface area contributed by atoms with E-state index in [1.165, 1.54) is 19.3 Å². The van der Waals surface area contributed by atoms with Crippen molar-refractivity contribution >= 4 is 29.6 Å². The quantitative estimate of drug-likeness (QED) is 0.392. The van der Waals surface area contributed by atoms with Crippen LogP contribution in [0.5, 0.6) is 23.0 Å². The van der Waals surface area contributed by atoms with E-state index in [4.69, 9.17) is 18.9 Å². The number of benzene rings is 2. The fourth-order valence-electron chi connectivity index (χ4n) is 3.65. The average Bonchev–Trinajstić information content (AvgIpc) is 3.25. The SMILES string of the molecule is C=CCc1cc(/C=C2\C(=O)NC(=O)N(c3ccc4c(c3)OCO4)C2=O)cc(OCC)c1OC. The van der Waals surface area contributed by atoms with E-state index in [0.717, 1.165) is 10.5 Å². The molecule has 2 heterocycles. The summed E-state index contributed by atoms with van der Waals surface area (Å²) in [5.41, 5.74) is 1.36. The zero-order chi connectivity index (χ0) is 23.5. The number of fused-ring (bicyclic) bond motifs is 1. The third-order valence-electron chi connectivity index (χ3n) is 5.05. The highest BCUT2D eigenvalue weighted by Crippen LogP contribution is 2.37. The highest BCUT2D eigenvalue weighted by atomic mass is 16.7. The third-order valence-corrected chi connectivity index (χ3v) is 5.05. The van der Waals surface area contributed by atoms with E-state index in [-0.39, 0.29) is 18.1 Å². The number of ether oxygens (including phenoxy) is 4. The number of allylic oxidation sites excluding steroid dienone is 1. The lowest BCUT2D eigenvalue weighted by Gasteiger charge is -2.26. The van der Waals surface area contributed by atoms with Crippen LogP contribution in [-0.4, -0.2) is 38.4 Å². The minimum absolute atomic E-state index is 0.0508. The van der Waals surface area contributed by atoms with E-state index in [2.05, 4.69) is 11.9 Å². The summed E-state index contributed by atoms with van der Waals surface area (Å²) in [4.78, 5) is 39.2. The predicted octanol–water partition coefficient (Wildman–Crippen LogP) is 3.22. The fourth-order valence-corrected chi connectivity index (χ4v) is 3.65. The van der Waals surface area contributed by atoms with Crippen molar-refractivity contribution in [3.05, 3.63) is 59.7 Å². The van der Waals surface area contributed by atoms with Crippen molar-refractivity contribution in [1.29, 1.82) is 0 Å². The Bertz CT molecular complexity index is 1190. The van der Waals surface area contributed by atoms with E-state index in [0.29, 0.717) is 41.6 Å². The summed E-state index contributed by atoms with van der Waals surface area (Å²) < 4.78 is 21.8. The maximum atomic E-state index is 13.2. The molecule has 0 bridgehead atoms. The van der Waals surface area contributed by atoms with Gasteiger partial charge in [0.2, 0.25) is 6.79 Å². The van der Waals surface area contributed by atoms with Crippen LogP contribution in [0, 0.1) is 0 Å². The lowest BCUT2D eigenvalue weighted by Crippen LogP contribution is -2.54. The van der Waals surface area contributed by atoms with Gasteiger partial charge >= 0.3 is 6.03 Å². The van der Waals surface area contributed by atoms with E-state index in [1.807, 2.05) is 6.92 Å². The van der Waals surface area contributed by atoms with Crippen LogP contribution < -0.4 is 29.2 Å². The number of hydrogen-bond donors (Lipinski definition) is 1. The number of barbiturate groups is 1. The molecular weight excluding hydrogens is 428 g/mol. The zero-order valence-corrected chi connectivity index (χ0v) is 18.2. The summed E-state index contributed by atoms with van der Waals surface area (Å²) in [6.07, 6.45) is 3.61. The second-order valence-electron chi connectivity index (χ2n) is 7.13. The Balaban J connectivity index is 1.75. The summed E-state index contributed by atoms with van der Waals surface area (Å²) in [5.74, 6) is 0.379. The highest BCUT2D eigenvalue weighted by Gasteiger charge is 2.37. The van der Waals surface area contributed by atoms with Gasteiger partial charge in [-0.25, -0.2) is 9.69 Å². The maximum Gasteiger partial charge on any atom is 0.335 e. The second kappa shape index (κ2) is 9.07. The Kier molecular flexibility index (Phi) is 6.03. The number of carbonyl (C=O) groups excluding carboxylic acids is 3. The molecule has 4 rings (SSSR count). The van der Waals surface area contributed by atoms with Gasteiger partial charge in [-0.05, 0) is 49.2 Å². The number of hydrogen-bond acceptors (Lipinski definition) is 7. The highest BCUT2D eigenvalue weighted by molar-refractivity contribution is 6.39. The van der Waals surface area contributed by atoms with Crippen molar-refractivity contribution in [3.8, 4) is 23.0 Å². The van der Waals surface area contributed by atoms with Gasteiger partial charge in [-0.1, -0.05) is 6.08 Å². The van der Waals surface area contributed by atoms with E-state index in [9.17, 15) is 14.4 Å². The first-order valence-corrected chi connectivity index (χ1v) is 10.2. The number of nitrogens with one attached hydrogen (secondary N) is 1. The summed E-state index contributed by atoms with van der Waals surface area (Å²) in [6.45, 7) is 6.05. The molecule has 0 aromatic heterocycles. The minimum atomic E-state index is -0.849. The molecule has 0 unspecified atom stereocenters. The molecule has 1 saturated heterocycles. The van der Waals surface area contributed by atoms with Crippen LogP contribution in [-0.2, 0) is 16.0 Å². The molecule has 2 aromatic rings. The number of carbonyl (C=O) groups is 3. The van der Waals surface area contributed by atoms with E-state index >= 15 is 0 Å². The standard InChI is InChI=1S/C24H22N2O7/c1-4-6-15-9-14(11-20(31-5-2)21(15)30-3)10-17-22(27)25-24(29)26(23(17)28)16-7-8-18-19(12-16)33-13-32-18/h4,7-12H,1,5-6,13H2,2-3H3,(H,25,27,29)/b17-10+. The Morgan fingerprint density at radius 3 is 2.67 bits per heavy atom. The first kappa shape index (κ1) is 21.9. The van der Waals surface area contributed by atoms with Gasteiger partial charge in [0.05, 0.1) is 19.4 Å². The first-order valence-electron chi connectivity index (χ1n) is 10.2. The van der Waals surface area contributed by atoms with Crippen molar-refractivity contribution in [2.24, 2.45) is 0 Å². The van der Waals surface area contributed by atoms with Gasteiger partial charge in [0.25, 0.3) is 11.8 Å². The molecule has 0 radical (unpaired) electrons. The molecule has 0 aliphatic carbocycles. The molecule has 4 amide bonds. The Morgan fingerprint density at radius 1 is 1.15 bits per heavy atom. The Morgan fingerprint density at radius 2 is 1.94 bits per heavy atom. The minimum Gasteiger partial charge on any atom is -0.493 e.